The van der Waals surface area contributed by atoms with Gasteiger partial charge >= 0.3 is 11.7 Å². The molecule has 1 aliphatic heterocycles. The van der Waals surface area contributed by atoms with Crippen LogP contribution in [0.1, 0.15) is 16.8 Å². The van der Waals surface area contributed by atoms with E-state index >= 15 is 0 Å². The molecule has 1 aromatic heterocycles. The predicted molar refractivity (Wildman–Crippen MR) is 65.0 cm³/mol. The van der Waals surface area contributed by atoms with E-state index in [2.05, 4.69) is 0 Å². The number of aromatic nitrogens is 2. The molecule has 0 saturated carbocycles. The van der Waals surface area contributed by atoms with Gasteiger partial charge in [-0.3, -0.25) is 14.3 Å². The van der Waals surface area contributed by atoms with Crippen molar-refractivity contribution in [2.24, 2.45) is 5.92 Å². The number of rotatable bonds is 3. The molecule has 1 saturated heterocycles. The van der Waals surface area contributed by atoms with Crippen molar-refractivity contribution >= 4 is 15.8 Å². The number of hydrogen-bond donors (Lipinski definition) is 2. The van der Waals surface area contributed by atoms with Crippen LogP contribution < -0.4 is 11.2 Å². The molecular weight excluding hydrogens is 276 g/mol. The van der Waals surface area contributed by atoms with Gasteiger partial charge in [-0.1, -0.05) is 0 Å². The maximum atomic E-state index is 11.5. The smallest absolute Gasteiger partial charge is 0.342 e. The predicted octanol–water partition coefficient (Wildman–Crippen LogP) is -1.33. The largest absolute Gasteiger partial charge is 0.477 e. The van der Waals surface area contributed by atoms with E-state index in [0.29, 0.717) is 6.42 Å². The maximum absolute atomic E-state index is 11.5. The molecule has 1 atom stereocenters. The topological polar surface area (TPSA) is 126 Å². The third-order valence-corrected chi connectivity index (χ3v) is 4.86. The first kappa shape index (κ1) is 13.5. The number of aromatic amines is 1. The lowest BCUT2D eigenvalue weighted by Crippen LogP contribution is -2.34. The normalized spacial score (nSPS) is 21.4. The highest BCUT2D eigenvalue weighted by Gasteiger charge is 2.28. The molecular formula is C10H12N2O6S. The first-order chi connectivity index (χ1) is 8.78. The molecule has 19 heavy (non-hydrogen) atoms. The van der Waals surface area contributed by atoms with E-state index < -0.39 is 32.6 Å². The number of aromatic carboxylic acids is 1. The van der Waals surface area contributed by atoms with Gasteiger partial charge in [0.05, 0.1) is 11.5 Å². The molecule has 0 bridgehead atoms. The second-order valence-corrected chi connectivity index (χ2v) is 6.76. The third kappa shape index (κ3) is 2.92. The number of nitrogens with zero attached hydrogens (tertiary/aromatic N) is 1. The highest BCUT2D eigenvalue weighted by Crippen LogP contribution is 2.19. The lowest BCUT2D eigenvalue weighted by Gasteiger charge is -2.10. The van der Waals surface area contributed by atoms with Crippen molar-refractivity contribution in [1.82, 2.24) is 9.55 Å². The molecule has 2 heterocycles. The summed E-state index contributed by atoms with van der Waals surface area (Å²) in [6.45, 7) is 0.0785. The van der Waals surface area contributed by atoms with Crippen molar-refractivity contribution < 1.29 is 18.3 Å². The molecule has 0 radical (unpaired) electrons. The highest BCUT2D eigenvalue weighted by molar-refractivity contribution is 7.91. The molecule has 2 rings (SSSR count). The summed E-state index contributed by atoms with van der Waals surface area (Å²) in [4.78, 5) is 35.5. The van der Waals surface area contributed by atoms with Gasteiger partial charge in [0.2, 0.25) is 0 Å². The number of carboxylic acid groups (broad SMARTS) is 1. The van der Waals surface area contributed by atoms with Gasteiger partial charge in [0.1, 0.15) is 5.56 Å². The van der Waals surface area contributed by atoms with Crippen LogP contribution in [0.2, 0.25) is 0 Å². The number of sulfone groups is 1. The van der Waals surface area contributed by atoms with E-state index in [1.807, 2.05) is 4.98 Å². The van der Waals surface area contributed by atoms with Crippen LogP contribution in [0, 0.1) is 5.92 Å². The van der Waals surface area contributed by atoms with Crippen molar-refractivity contribution in [2.45, 2.75) is 13.0 Å². The zero-order chi connectivity index (χ0) is 14.2. The highest BCUT2D eigenvalue weighted by atomic mass is 32.2. The fourth-order valence-corrected chi connectivity index (χ4v) is 3.94. The minimum absolute atomic E-state index is 0.0268. The van der Waals surface area contributed by atoms with Crippen molar-refractivity contribution in [3.63, 3.8) is 0 Å². The van der Waals surface area contributed by atoms with Gasteiger partial charge in [-0.2, -0.15) is 0 Å². The monoisotopic (exact) mass is 288 g/mol. The summed E-state index contributed by atoms with van der Waals surface area (Å²) in [6.07, 6.45) is 1.38. The maximum Gasteiger partial charge on any atom is 0.342 e. The Kier molecular flexibility index (Phi) is 3.31. The number of hydrogen-bond acceptors (Lipinski definition) is 5. The molecule has 1 unspecified atom stereocenters. The van der Waals surface area contributed by atoms with Crippen LogP contribution in [0.3, 0.4) is 0 Å². The summed E-state index contributed by atoms with van der Waals surface area (Å²) in [5.74, 6) is -1.63. The van der Waals surface area contributed by atoms with E-state index in [0.717, 1.165) is 10.8 Å². The Morgan fingerprint density at radius 1 is 1.47 bits per heavy atom. The molecule has 0 spiro atoms. The van der Waals surface area contributed by atoms with Crippen LogP contribution in [0.25, 0.3) is 0 Å². The van der Waals surface area contributed by atoms with Crippen LogP contribution in [-0.4, -0.2) is 40.6 Å². The van der Waals surface area contributed by atoms with E-state index in [4.69, 9.17) is 5.11 Å². The quantitative estimate of drug-likeness (QED) is 0.709. The molecule has 2 N–H and O–H groups in total. The fourth-order valence-electron chi connectivity index (χ4n) is 2.09. The second-order valence-electron chi connectivity index (χ2n) is 4.53. The lowest BCUT2D eigenvalue weighted by atomic mass is 10.1. The summed E-state index contributed by atoms with van der Waals surface area (Å²) in [5.41, 5.74) is -2.24. The zero-order valence-electron chi connectivity index (χ0n) is 9.83. The van der Waals surface area contributed by atoms with Gasteiger partial charge in [-0.25, -0.2) is 18.0 Å². The van der Waals surface area contributed by atoms with Gasteiger partial charge in [0.15, 0.2) is 9.84 Å². The lowest BCUT2D eigenvalue weighted by molar-refractivity contribution is 0.0693. The second kappa shape index (κ2) is 4.65. The molecule has 1 fully saturated rings. The van der Waals surface area contributed by atoms with Crippen molar-refractivity contribution in [3.8, 4) is 0 Å². The summed E-state index contributed by atoms with van der Waals surface area (Å²) < 4.78 is 23.7. The molecule has 9 heteroatoms. The summed E-state index contributed by atoms with van der Waals surface area (Å²) >= 11 is 0. The van der Waals surface area contributed by atoms with Crippen molar-refractivity contribution in [1.29, 1.82) is 0 Å². The van der Waals surface area contributed by atoms with Gasteiger partial charge in [0, 0.05) is 12.7 Å². The number of nitrogens with one attached hydrogen (secondary N) is 1. The van der Waals surface area contributed by atoms with E-state index in [1.165, 1.54) is 0 Å². The molecule has 104 valence electrons. The zero-order valence-corrected chi connectivity index (χ0v) is 10.6. The Hall–Kier alpha value is -1.90. The minimum atomic E-state index is -3.07. The van der Waals surface area contributed by atoms with Crippen LogP contribution in [-0.2, 0) is 16.4 Å². The van der Waals surface area contributed by atoms with Crippen LogP contribution >= 0.6 is 0 Å². The number of carboxylic acids is 1. The Labute approximate surface area is 107 Å². The SMILES string of the molecule is O=C(O)c1cn(CC2CCS(=O)(=O)C2)c(=O)[nH]c1=O. The summed E-state index contributed by atoms with van der Waals surface area (Å²) in [5, 5.41) is 8.79. The van der Waals surface area contributed by atoms with Gasteiger partial charge in [-0.05, 0) is 12.3 Å². The van der Waals surface area contributed by atoms with Crippen molar-refractivity contribution in [3.05, 3.63) is 32.6 Å². The average molecular weight is 288 g/mol. The molecule has 1 aliphatic rings. The number of carbonyl (C=O) groups is 1. The van der Waals surface area contributed by atoms with E-state index in [1.54, 1.807) is 0 Å². The minimum Gasteiger partial charge on any atom is -0.477 e. The van der Waals surface area contributed by atoms with Gasteiger partial charge in [0.25, 0.3) is 5.56 Å². The van der Waals surface area contributed by atoms with Gasteiger partial charge < -0.3 is 5.11 Å². The Morgan fingerprint density at radius 3 is 2.68 bits per heavy atom. The van der Waals surface area contributed by atoms with Crippen molar-refractivity contribution in [2.75, 3.05) is 11.5 Å². The Bertz CT molecular complexity index is 729. The average Bonchev–Trinajstić information content (AvgIpc) is 2.61. The van der Waals surface area contributed by atoms with Crippen LogP contribution in [0.5, 0.6) is 0 Å². The molecule has 0 aliphatic carbocycles. The number of H-pyrrole nitrogens is 1. The Morgan fingerprint density at radius 2 is 2.16 bits per heavy atom. The third-order valence-electron chi connectivity index (χ3n) is 3.02. The van der Waals surface area contributed by atoms with Crippen LogP contribution in [0.15, 0.2) is 15.8 Å². The fraction of sp³-hybridized carbons (Fsp3) is 0.500. The molecule has 0 aromatic carbocycles. The first-order valence-electron chi connectivity index (χ1n) is 5.56. The summed E-state index contributed by atoms with van der Waals surface area (Å²) in [7, 11) is -3.07. The Balaban J connectivity index is 2.31. The summed E-state index contributed by atoms with van der Waals surface area (Å²) in [6, 6.07) is 0. The van der Waals surface area contributed by atoms with E-state index in [-0.39, 0.29) is 24.0 Å². The standard InChI is InChI=1S/C10H12N2O6S/c13-8-7(9(14)15)4-12(10(16)11-8)3-6-1-2-19(17,18)5-6/h4,6H,1-3,5H2,(H,14,15)(H,11,13,16). The molecule has 8 nitrogen and oxygen atoms in total. The molecule has 0 amide bonds. The van der Waals surface area contributed by atoms with Gasteiger partial charge in [-0.15, -0.1) is 0 Å². The van der Waals surface area contributed by atoms with E-state index in [9.17, 15) is 22.8 Å². The molecule has 1 aromatic rings. The van der Waals surface area contributed by atoms with Crippen LogP contribution in [0.4, 0.5) is 0 Å². The first-order valence-corrected chi connectivity index (χ1v) is 7.38.